The summed E-state index contributed by atoms with van der Waals surface area (Å²) in [6.45, 7) is 0. The fourth-order valence-electron chi connectivity index (χ4n) is 1.60. The highest BCUT2D eigenvalue weighted by molar-refractivity contribution is 14.1. The summed E-state index contributed by atoms with van der Waals surface area (Å²) in [7, 11) is 1.63. The van der Waals surface area contributed by atoms with Gasteiger partial charge in [0, 0.05) is 6.20 Å². The van der Waals surface area contributed by atoms with E-state index in [2.05, 4.69) is 44.4 Å². The summed E-state index contributed by atoms with van der Waals surface area (Å²) in [4.78, 5) is 4.34. The van der Waals surface area contributed by atoms with E-state index in [0.29, 0.717) is 0 Å². The first-order valence-corrected chi connectivity index (χ1v) is 6.91. The van der Waals surface area contributed by atoms with Crippen LogP contribution in [0, 0.1) is 2.88 Å². The molecular weight excluding hydrogens is 349 g/mol. The van der Waals surface area contributed by atoms with E-state index < -0.39 is 0 Å². The van der Waals surface area contributed by atoms with Crippen LogP contribution in [0.15, 0.2) is 29.8 Å². The summed E-state index contributed by atoms with van der Waals surface area (Å²) < 4.78 is 6.52. The number of nitrogens with two attached hydrogens (primary N) is 1. The van der Waals surface area contributed by atoms with Gasteiger partial charge in [-0.25, -0.2) is 5.43 Å². The Morgan fingerprint density at radius 1 is 1.59 bits per heavy atom. The van der Waals surface area contributed by atoms with Gasteiger partial charge in [0.25, 0.3) is 0 Å². The van der Waals surface area contributed by atoms with Crippen molar-refractivity contribution in [2.45, 2.75) is 6.04 Å². The summed E-state index contributed by atoms with van der Waals surface area (Å²) in [5.74, 6) is 6.36. The second-order valence-electron chi connectivity index (χ2n) is 3.37. The van der Waals surface area contributed by atoms with E-state index in [1.165, 1.54) is 2.88 Å². The Morgan fingerprint density at radius 3 is 3.00 bits per heavy atom. The lowest BCUT2D eigenvalue weighted by molar-refractivity contribution is 0.400. The van der Waals surface area contributed by atoms with Crippen LogP contribution in [0.1, 0.15) is 17.3 Å². The largest absolute Gasteiger partial charge is 0.495 e. The van der Waals surface area contributed by atoms with Crippen LogP contribution in [0.4, 0.5) is 0 Å². The molecule has 0 saturated heterocycles. The second kappa shape index (κ2) is 5.76. The number of ether oxygens (including phenoxy) is 1. The standard InChI is InChI=1S/C11H12IN3OS/c1-16-8-3-2-4-14-11(8)10(15-13)7-5-9(12)17-6-7/h2-6,10,15H,13H2,1H3. The Hall–Kier alpha value is -0.700. The molecule has 2 heterocycles. The van der Waals surface area contributed by atoms with Gasteiger partial charge in [0.15, 0.2) is 0 Å². The van der Waals surface area contributed by atoms with Gasteiger partial charge >= 0.3 is 0 Å². The molecule has 0 amide bonds. The van der Waals surface area contributed by atoms with E-state index in [4.69, 9.17) is 10.6 Å². The van der Waals surface area contributed by atoms with Crippen molar-refractivity contribution < 1.29 is 4.74 Å². The van der Waals surface area contributed by atoms with Crippen molar-refractivity contribution in [3.63, 3.8) is 0 Å². The molecule has 6 heteroatoms. The number of hydrazine groups is 1. The van der Waals surface area contributed by atoms with Gasteiger partial charge < -0.3 is 4.74 Å². The zero-order valence-corrected chi connectivity index (χ0v) is 12.2. The number of hydrogen-bond donors (Lipinski definition) is 2. The lowest BCUT2D eigenvalue weighted by atomic mass is 10.1. The topological polar surface area (TPSA) is 60.2 Å². The van der Waals surface area contributed by atoms with Crippen LogP contribution < -0.4 is 16.0 Å². The maximum absolute atomic E-state index is 5.63. The molecule has 0 bridgehead atoms. The fraction of sp³-hybridized carbons (Fsp3) is 0.182. The monoisotopic (exact) mass is 361 g/mol. The Kier molecular flexibility index (Phi) is 4.32. The molecule has 0 radical (unpaired) electrons. The average molecular weight is 361 g/mol. The van der Waals surface area contributed by atoms with Crippen molar-refractivity contribution in [2.75, 3.05) is 7.11 Å². The summed E-state index contributed by atoms with van der Waals surface area (Å²) in [5, 5.41) is 2.07. The Bertz CT molecular complexity index is 503. The maximum atomic E-state index is 5.63. The molecule has 0 spiro atoms. The van der Waals surface area contributed by atoms with E-state index in [9.17, 15) is 0 Å². The molecule has 3 N–H and O–H groups in total. The van der Waals surface area contributed by atoms with E-state index in [1.807, 2.05) is 12.1 Å². The van der Waals surface area contributed by atoms with Crippen molar-refractivity contribution in [3.05, 3.63) is 43.9 Å². The molecular formula is C11H12IN3OS. The van der Waals surface area contributed by atoms with Gasteiger partial charge in [-0.1, -0.05) is 0 Å². The molecule has 17 heavy (non-hydrogen) atoms. The van der Waals surface area contributed by atoms with E-state index >= 15 is 0 Å². The third-order valence-corrected chi connectivity index (χ3v) is 4.19. The number of nitrogens with zero attached hydrogens (tertiary/aromatic N) is 1. The summed E-state index contributed by atoms with van der Waals surface area (Å²) >= 11 is 3.96. The molecule has 0 aliphatic heterocycles. The first-order valence-electron chi connectivity index (χ1n) is 4.95. The SMILES string of the molecule is COc1cccnc1C(NN)c1csc(I)c1. The molecule has 0 aliphatic carbocycles. The molecule has 2 aromatic rings. The lowest BCUT2D eigenvalue weighted by Crippen LogP contribution is -2.29. The maximum Gasteiger partial charge on any atom is 0.142 e. The normalized spacial score (nSPS) is 12.4. The van der Waals surface area contributed by atoms with Crippen LogP contribution in [0.5, 0.6) is 5.75 Å². The van der Waals surface area contributed by atoms with Crippen LogP contribution in [0.25, 0.3) is 0 Å². The Labute approximate surface area is 117 Å². The van der Waals surface area contributed by atoms with Gasteiger partial charge in [0.2, 0.25) is 0 Å². The highest BCUT2D eigenvalue weighted by atomic mass is 127. The number of pyridine rings is 1. The van der Waals surface area contributed by atoms with Crippen molar-refractivity contribution in [2.24, 2.45) is 5.84 Å². The summed E-state index contributed by atoms with van der Waals surface area (Å²) in [6, 6.07) is 5.66. The third kappa shape index (κ3) is 2.76. The van der Waals surface area contributed by atoms with Crippen molar-refractivity contribution in [3.8, 4) is 5.75 Å². The number of halogens is 1. The number of nitrogens with one attached hydrogen (secondary N) is 1. The van der Waals surface area contributed by atoms with E-state index in [-0.39, 0.29) is 6.04 Å². The minimum atomic E-state index is -0.147. The highest BCUT2D eigenvalue weighted by Gasteiger charge is 2.19. The van der Waals surface area contributed by atoms with Gasteiger partial charge in [0.05, 0.1) is 16.0 Å². The molecule has 1 atom stereocenters. The minimum absolute atomic E-state index is 0.147. The lowest BCUT2D eigenvalue weighted by Gasteiger charge is -2.16. The number of thiophene rings is 1. The molecule has 2 aromatic heterocycles. The predicted octanol–water partition coefficient (Wildman–Crippen LogP) is 2.31. The van der Waals surface area contributed by atoms with Crippen LogP contribution in [-0.4, -0.2) is 12.1 Å². The van der Waals surface area contributed by atoms with Crippen LogP contribution in [-0.2, 0) is 0 Å². The van der Waals surface area contributed by atoms with Gasteiger partial charge in [-0.2, -0.15) is 0 Å². The zero-order valence-electron chi connectivity index (χ0n) is 9.18. The van der Waals surface area contributed by atoms with Crippen molar-refractivity contribution in [1.82, 2.24) is 10.4 Å². The van der Waals surface area contributed by atoms with Gasteiger partial charge in [0.1, 0.15) is 11.4 Å². The fourth-order valence-corrected chi connectivity index (χ4v) is 3.00. The molecule has 4 nitrogen and oxygen atoms in total. The van der Waals surface area contributed by atoms with Crippen molar-refractivity contribution in [1.29, 1.82) is 0 Å². The van der Waals surface area contributed by atoms with Crippen LogP contribution >= 0.6 is 33.9 Å². The first kappa shape index (κ1) is 12.7. The predicted molar refractivity (Wildman–Crippen MR) is 77.0 cm³/mol. The average Bonchev–Trinajstić information content (AvgIpc) is 2.77. The minimum Gasteiger partial charge on any atom is -0.495 e. The van der Waals surface area contributed by atoms with Gasteiger partial charge in [-0.15, -0.1) is 11.3 Å². The van der Waals surface area contributed by atoms with Crippen LogP contribution in [0.2, 0.25) is 0 Å². The molecule has 1 unspecified atom stereocenters. The molecule has 0 aliphatic rings. The van der Waals surface area contributed by atoms with E-state index in [1.54, 1.807) is 24.6 Å². The molecule has 2 rings (SSSR count). The van der Waals surface area contributed by atoms with Gasteiger partial charge in [-0.05, 0) is 51.7 Å². The van der Waals surface area contributed by atoms with Crippen molar-refractivity contribution >= 4 is 33.9 Å². The Morgan fingerprint density at radius 2 is 2.41 bits per heavy atom. The number of rotatable bonds is 4. The summed E-state index contributed by atoms with van der Waals surface area (Å²) in [6.07, 6.45) is 1.74. The zero-order chi connectivity index (χ0) is 12.3. The quantitative estimate of drug-likeness (QED) is 0.499. The summed E-state index contributed by atoms with van der Waals surface area (Å²) in [5.41, 5.74) is 4.68. The van der Waals surface area contributed by atoms with Crippen LogP contribution in [0.3, 0.4) is 0 Å². The number of hydrogen-bond acceptors (Lipinski definition) is 5. The molecule has 0 aromatic carbocycles. The number of methoxy groups -OCH3 is 1. The van der Waals surface area contributed by atoms with E-state index in [0.717, 1.165) is 17.0 Å². The molecule has 90 valence electrons. The Balaban J connectivity index is 2.41. The van der Waals surface area contributed by atoms with Gasteiger partial charge in [-0.3, -0.25) is 10.8 Å². The smallest absolute Gasteiger partial charge is 0.142 e. The molecule has 0 saturated carbocycles. The number of aromatic nitrogens is 1. The highest BCUT2D eigenvalue weighted by Crippen LogP contribution is 2.30. The third-order valence-electron chi connectivity index (χ3n) is 2.38. The molecule has 0 fully saturated rings. The first-order chi connectivity index (χ1) is 8.26. The second-order valence-corrected chi connectivity index (χ2v) is 6.18.